The first-order valence-electron chi connectivity index (χ1n) is 2.94. The van der Waals surface area contributed by atoms with Gasteiger partial charge in [-0.25, -0.2) is 9.37 Å². The van der Waals surface area contributed by atoms with Gasteiger partial charge in [0, 0.05) is 12.3 Å². The van der Waals surface area contributed by atoms with E-state index < -0.39 is 5.82 Å². The molecule has 0 aliphatic carbocycles. The zero-order valence-electron chi connectivity index (χ0n) is 5.97. The van der Waals surface area contributed by atoms with E-state index in [1.165, 1.54) is 13.3 Å². The fourth-order valence-electron chi connectivity index (χ4n) is 0.631. The summed E-state index contributed by atoms with van der Waals surface area (Å²) in [4.78, 5) is 3.72. The minimum atomic E-state index is -0.487. The predicted octanol–water partition coefficient (Wildman–Crippen LogP) is 1.21. The molecule has 1 aromatic rings. The number of methoxy groups -OCH3 is 1. The molecule has 3 heteroatoms. The minimum Gasteiger partial charge on any atom is -0.481 e. The molecule has 2 nitrogen and oxygen atoms in total. The molecular weight excluding hydrogens is 145 g/mol. The number of aromatic nitrogens is 1. The van der Waals surface area contributed by atoms with Gasteiger partial charge in [0.25, 0.3) is 0 Å². The molecule has 0 saturated heterocycles. The second-order valence-electron chi connectivity index (χ2n) is 1.85. The van der Waals surface area contributed by atoms with Gasteiger partial charge in [-0.15, -0.1) is 6.42 Å². The number of ether oxygens (including phenoxy) is 1. The summed E-state index contributed by atoms with van der Waals surface area (Å²) in [5.74, 6) is 1.89. The number of pyridine rings is 1. The second kappa shape index (κ2) is 3.02. The minimum absolute atomic E-state index is 0.144. The largest absolute Gasteiger partial charge is 0.481 e. The number of nitrogens with zero attached hydrogens (tertiary/aromatic N) is 1. The van der Waals surface area contributed by atoms with E-state index in [2.05, 4.69) is 15.6 Å². The molecule has 1 rings (SSSR count). The monoisotopic (exact) mass is 151 g/mol. The summed E-state index contributed by atoms with van der Waals surface area (Å²) in [6, 6.07) is 1.15. The van der Waals surface area contributed by atoms with Crippen LogP contribution in [0.25, 0.3) is 0 Å². The van der Waals surface area contributed by atoms with Crippen LogP contribution in [0.4, 0.5) is 4.39 Å². The van der Waals surface area contributed by atoms with Gasteiger partial charge < -0.3 is 4.74 Å². The molecule has 56 valence electrons. The van der Waals surface area contributed by atoms with Crippen LogP contribution in [0.5, 0.6) is 5.88 Å². The van der Waals surface area contributed by atoms with Crippen molar-refractivity contribution in [1.82, 2.24) is 4.98 Å². The maximum Gasteiger partial charge on any atom is 0.215 e. The molecule has 0 aromatic carbocycles. The van der Waals surface area contributed by atoms with Crippen LogP contribution >= 0.6 is 0 Å². The Balaban J connectivity index is 3.12. The van der Waals surface area contributed by atoms with E-state index in [0.29, 0.717) is 0 Å². The number of hydrogen-bond donors (Lipinski definition) is 0. The topological polar surface area (TPSA) is 22.1 Å². The standard InChI is InChI=1S/C8H6FNO/c1-3-6-5-10-8(11-2)4-7(6)9/h1,4-5H,2H3. The summed E-state index contributed by atoms with van der Waals surface area (Å²) in [7, 11) is 1.41. The average Bonchev–Trinajstić information content (AvgIpc) is 2.04. The van der Waals surface area contributed by atoms with Gasteiger partial charge in [0.15, 0.2) is 0 Å². The van der Waals surface area contributed by atoms with Crippen LogP contribution in [0.3, 0.4) is 0 Å². The molecule has 0 aliphatic heterocycles. The zero-order valence-corrected chi connectivity index (χ0v) is 5.97. The number of terminal acetylenes is 1. The average molecular weight is 151 g/mol. The van der Waals surface area contributed by atoms with Crippen LogP contribution in [0, 0.1) is 18.2 Å². The molecule has 0 spiro atoms. The molecule has 0 N–H and O–H groups in total. The van der Waals surface area contributed by atoms with Gasteiger partial charge in [-0.05, 0) is 0 Å². The lowest BCUT2D eigenvalue weighted by molar-refractivity contribution is 0.394. The van der Waals surface area contributed by atoms with Crippen LogP contribution in [-0.4, -0.2) is 12.1 Å². The molecule has 0 bridgehead atoms. The number of rotatable bonds is 1. The van der Waals surface area contributed by atoms with Crippen molar-refractivity contribution in [2.45, 2.75) is 0 Å². The van der Waals surface area contributed by atoms with E-state index in [1.807, 2.05) is 0 Å². The summed E-state index contributed by atoms with van der Waals surface area (Å²) in [5.41, 5.74) is 0.144. The molecule has 0 saturated carbocycles. The van der Waals surface area contributed by atoms with Crippen molar-refractivity contribution in [2.75, 3.05) is 7.11 Å². The van der Waals surface area contributed by atoms with E-state index >= 15 is 0 Å². The van der Waals surface area contributed by atoms with Crippen molar-refractivity contribution in [3.05, 3.63) is 23.6 Å². The number of hydrogen-bond acceptors (Lipinski definition) is 2. The predicted molar refractivity (Wildman–Crippen MR) is 38.7 cm³/mol. The van der Waals surface area contributed by atoms with Crippen molar-refractivity contribution in [3.63, 3.8) is 0 Å². The Morgan fingerprint density at radius 3 is 2.91 bits per heavy atom. The lowest BCUT2D eigenvalue weighted by Crippen LogP contribution is -1.91. The quantitative estimate of drug-likeness (QED) is 0.563. The van der Waals surface area contributed by atoms with E-state index in [1.54, 1.807) is 0 Å². The smallest absolute Gasteiger partial charge is 0.215 e. The fourth-order valence-corrected chi connectivity index (χ4v) is 0.631. The van der Waals surface area contributed by atoms with Crippen LogP contribution < -0.4 is 4.74 Å². The third kappa shape index (κ3) is 1.47. The van der Waals surface area contributed by atoms with Gasteiger partial charge in [-0.2, -0.15) is 0 Å². The third-order valence-electron chi connectivity index (χ3n) is 1.19. The highest BCUT2D eigenvalue weighted by molar-refractivity contribution is 5.32. The first kappa shape index (κ1) is 7.55. The summed E-state index contributed by atoms with van der Waals surface area (Å²) >= 11 is 0. The van der Waals surface area contributed by atoms with E-state index in [0.717, 1.165) is 6.07 Å². The van der Waals surface area contributed by atoms with Gasteiger partial charge in [0.1, 0.15) is 5.82 Å². The summed E-state index contributed by atoms with van der Waals surface area (Å²) in [5, 5.41) is 0. The zero-order chi connectivity index (χ0) is 8.27. The highest BCUT2D eigenvalue weighted by Gasteiger charge is 2.00. The van der Waals surface area contributed by atoms with Crippen molar-refractivity contribution < 1.29 is 9.13 Å². The summed E-state index contributed by atoms with van der Waals surface area (Å²) in [6.07, 6.45) is 6.23. The molecule has 0 atom stereocenters. The van der Waals surface area contributed by atoms with Gasteiger partial charge >= 0.3 is 0 Å². The van der Waals surface area contributed by atoms with Gasteiger partial charge in [0.2, 0.25) is 5.88 Å². The van der Waals surface area contributed by atoms with Gasteiger partial charge in [-0.3, -0.25) is 0 Å². The molecule has 1 aromatic heterocycles. The lowest BCUT2D eigenvalue weighted by Gasteiger charge is -1.98. The van der Waals surface area contributed by atoms with Gasteiger partial charge in [0.05, 0.1) is 12.7 Å². The van der Waals surface area contributed by atoms with Crippen LogP contribution in [0.1, 0.15) is 5.56 Å². The Morgan fingerprint density at radius 2 is 2.45 bits per heavy atom. The molecule has 0 fully saturated rings. The highest BCUT2D eigenvalue weighted by atomic mass is 19.1. The third-order valence-corrected chi connectivity index (χ3v) is 1.19. The first-order valence-corrected chi connectivity index (χ1v) is 2.94. The van der Waals surface area contributed by atoms with Crippen molar-refractivity contribution in [2.24, 2.45) is 0 Å². The fraction of sp³-hybridized carbons (Fsp3) is 0.125. The summed E-state index contributed by atoms with van der Waals surface area (Å²) < 4.78 is 17.4. The van der Waals surface area contributed by atoms with Crippen molar-refractivity contribution in [1.29, 1.82) is 0 Å². The Hall–Kier alpha value is -1.56. The summed E-state index contributed by atoms with van der Waals surface area (Å²) in [6.45, 7) is 0. The molecular formula is C8H6FNO. The maximum absolute atomic E-state index is 12.8. The van der Waals surface area contributed by atoms with Crippen molar-refractivity contribution >= 4 is 0 Å². The van der Waals surface area contributed by atoms with E-state index in [-0.39, 0.29) is 11.4 Å². The molecule has 11 heavy (non-hydrogen) atoms. The Labute approximate surface area is 64.0 Å². The number of halogens is 1. The molecule has 0 aliphatic rings. The van der Waals surface area contributed by atoms with E-state index in [4.69, 9.17) is 6.42 Å². The van der Waals surface area contributed by atoms with Crippen LogP contribution in [-0.2, 0) is 0 Å². The molecule has 0 unspecified atom stereocenters. The molecule has 0 radical (unpaired) electrons. The SMILES string of the molecule is C#Cc1cnc(OC)cc1F. The normalized spacial score (nSPS) is 8.82. The van der Waals surface area contributed by atoms with Crippen LogP contribution in [0.2, 0.25) is 0 Å². The Morgan fingerprint density at radius 1 is 1.73 bits per heavy atom. The maximum atomic E-state index is 12.8. The van der Waals surface area contributed by atoms with Crippen molar-refractivity contribution in [3.8, 4) is 18.2 Å². The highest BCUT2D eigenvalue weighted by Crippen LogP contribution is 2.10. The van der Waals surface area contributed by atoms with E-state index in [9.17, 15) is 4.39 Å². The Kier molecular flexibility index (Phi) is 2.07. The molecule has 1 heterocycles. The lowest BCUT2D eigenvalue weighted by atomic mass is 10.3. The van der Waals surface area contributed by atoms with Crippen LogP contribution in [0.15, 0.2) is 12.3 Å². The first-order chi connectivity index (χ1) is 5.27. The van der Waals surface area contributed by atoms with Gasteiger partial charge in [-0.1, -0.05) is 5.92 Å². The second-order valence-corrected chi connectivity index (χ2v) is 1.85. The Bertz CT molecular complexity index is 303. The molecule has 0 amide bonds.